The first-order valence-electron chi connectivity index (χ1n) is 6.19. The van der Waals surface area contributed by atoms with Gasteiger partial charge in [-0.25, -0.2) is 4.79 Å². The van der Waals surface area contributed by atoms with Gasteiger partial charge in [0.05, 0.1) is 6.20 Å². The van der Waals surface area contributed by atoms with Crippen LogP contribution in [0, 0.1) is 5.92 Å². The largest absolute Gasteiger partial charge is 0.480 e. The van der Waals surface area contributed by atoms with Crippen LogP contribution in [-0.4, -0.2) is 44.3 Å². The van der Waals surface area contributed by atoms with Crippen LogP contribution in [0.3, 0.4) is 0 Å². The number of rotatable bonds is 3. The lowest BCUT2D eigenvalue weighted by Crippen LogP contribution is -2.46. The molecule has 2 rings (SSSR count). The van der Waals surface area contributed by atoms with Gasteiger partial charge in [-0.05, 0) is 12.3 Å². The first-order chi connectivity index (χ1) is 8.91. The molecule has 0 aliphatic carbocycles. The molecule has 1 aliphatic heterocycles. The average Bonchev–Trinajstić information content (AvgIpc) is 2.93. The summed E-state index contributed by atoms with van der Waals surface area (Å²) in [4.78, 5) is 24.9. The number of aliphatic carboxylic acids is 1. The first kappa shape index (κ1) is 13.5. The number of nitrogens with zero attached hydrogens (tertiary/aromatic N) is 3. The van der Waals surface area contributed by atoms with Gasteiger partial charge in [0.1, 0.15) is 12.1 Å². The van der Waals surface area contributed by atoms with Crippen LogP contribution in [0.5, 0.6) is 0 Å². The third-order valence-corrected chi connectivity index (χ3v) is 3.59. The van der Waals surface area contributed by atoms with E-state index in [1.54, 1.807) is 17.9 Å². The topological polar surface area (TPSA) is 101 Å². The van der Waals surface area contributed by atoms with E-state index in [4.69, 9.17) is 5.73 Å². The van der Waals surface area contributed by atoms with E-state index in [1.165, 1.54) is 11.1 Å². The Morgan fingerprint density at radius 2 is 2.26 bits per heavy atom. The number of carboxylic acids is 1. The van der Waals surface area contributed by atoms with Crippen molar-refractivity contribution in [3.63, 3.8) is 0 Å². The third kappa shape index (κ3) is 2.46. The van der Waals surface area contributed by atoms with E-state index >= 15 is 0 Å². The van der Waals surface area contributed by atoms with E-state index in [-0.39, 0.29) is 11.8 Å². The molecule has 1 fully saturated rings. The lowest BCUT2D eigenvalue weighted by Gasteiger charge is -2.25. The van der Waals surface area contributed by atoms with Gasteiger partial charge in [0.2, 0.25) is 5.91 Å². The van der Waals surface area contributed by atoms with Crippen molar-refractivity contribution < 1.29 is 14.7 Å². The Morgan fingerprint density at radius 3 is 2.79 bits per heavy atom. The minimum atomic E-state index is -0.975. The first-order valence-corrected chi connectivity index (χ1v) is 6.19. The molecule has 3 N–H and O–H groups in total. The van der Waals surface area contributed by atoms with Gasteiger partial charge in [0.15, 0.2) is 0 Å². The van der Waals surface area contributed by atoms with Gasteiger partial charge in [-0.2, -0.15) is 5.10 Å². The van der Waals surface area contributed by atoms with Crippen molar-refractivity contribution >= 4 is 11.9 Å². The van der Waals surface area contributed by atoms with E-state index in [1.807, 2.05) is 6.92 Å². The molecular formula is C12H18N4O3. The number of aryl methyl sites for hydroxylation is 1. The Bertz CT molecular complexity index is 499. The molecule has 2 heterocycles. The molecule has 3 atom stereocenters. The van der Waals surface area contributed by atoms with Gasteiger partial charge < -0.3 is 15.7 Å². The van der Waals surface area contributed by atoms with Crippen LogP contribution in [0.25, 0.3) is 0 Å². The fraction of sp³-hybridized carbons (Fsp3) is 0.583. The van der Waals surface area contributed by atoms with Gasteiger partial charge in [-0.1, -0.05) is 6.92 Å². The number of aromatic nitrogens is 2. The Morgan fingerprint density at radius 1 is 1.58 bits per heavy atom. The monoisotopic (exact) mass is 266 g/mol. The predicted molar refractivity (Wildman–Crippen MR) is 67.1 cm³/mol. The minimum absolute atomic E-state index is 0.0532. The summed E-state index contributed by atoms with van der Waals surface area (Å²) < 4.78 is 1.56. The van der Waals surface area contributed by atoms with E-state index < -0.39 is 18.1 Å². The van der Waals surface area contributed by atoms with Crippen LogP contribution in [0.15, 0.2) is 12.4 Å². The van der Waals surface area contributed by atoms with Gasteiger partial charge in [0, 0.05) is 25.4 Å². The van der Waals surface area contributed by atoms with E-state index in [0.29, 0.717) is 18.5 Å². The highest BCUT2D eigenvalue weighted by molar-refractivity contribution is 5.88. The van der Waals surface area contributed by atoms with Crippen LogP contribution >= 0.6 is 0 Å². The summed E-state index contributed by atoms with van der Waals surface area (Å²) in [6, 6.07) is -1.64. The zero-order valence-electron chi connectivity index (χ0n) is 11.0. The maximum Gasteiger partial charge on any atom is 0.326 e. The fourth-order valence-electron chi connectivity index (χ4n) is 2.49. The highest BCUT2D eigenvalue weighted by Gasteiger charge is 2.41. The molecule has 7 heteroatoms. The smallest absolute Gasteiger partial charge is 0.326 e. The van der Waals surface area contributed by atoms with Crippen molar-refractivity contribution in [3.05, 3.63) is 18.0 Å². The Kier molecular flexibility index (Phi) is 3.57. The van der Waals surface area contributed by atoms with Crippen molar-refractivity contribution in [3.8, 4) is 0 Å². The van der Waals surface area contributed by atoms with Gasteiger partial charge >= 0.3 is 5.97 Å². The zero-order valence-corrected chi connectivity index (χ0v) is 11.0. The fourth-order valence-corrected chi connectivity index (χ4v) is 2.49. The maximum atomic E-state index is 12.3. The molecular weight excluding hydrogens is 248 g/mol. The summed E-state index contributed by atoms with van der Waals surface area (Å²) in [6.07, 6.45) is 3.87. The second-order valence-electron chi connectivity index (χ2n) is 5.01. The molecule has 19 heavy (non-hydrogen) atoms. The summed E-state index contributed by atoms with van der Waals surface area (Å²) in [5, 5.41) is 13.2. The molecule has 1 saturated heterocycles. The molecule has 0 bridgehead atoms. The van der Waals surface area contributed by atoms with Gasteiger partial charge in [-0.15, -0.1) is 0 Å². The molecule has 1 amide bonds. The Labute approximate surface area is 111 Å². The summed E-state index contributed by atoms with van der Waals surface area (Å²) in [5.41, 5.74) is 6.50. The van der Waals surface area contributed by atoms with Crippen molar-refractivity contribution in [2.24, 2.45) is 18.7 Å². The van der Waals surface area contributed by atoms with Crippen molar-refractivity contribution in [1.29, 1.82) is 0 Å². The zero-order chi connectivity index (χ0) is 14.2. The number of nitrogens with two attached hydrogens (primary N) is 1. The molecule has 0 aromatic carbocycles. The van der Waals surface area contributed by atoms with Crippen LogP contribution in [0.1, 0.15) is 24.9 Å². The summed E-state index contributed by atoms with van der Waals surface area (Å²) in [7, 11) is 1.73. The number of amides is 1. The summed E-state index contributed by atoms with van der Waals surface area (Å²) in [6.45, 7) is 2.27. The van der Waals surface area contributed by atoms with Crippen LogP contribution in [-0.2, 0) is 16.6 Å². The average molecular weight is 266 g/mol. The van der Waals surface area contributed by atoms with Crippen LogP contribution in [0.2, 0.25) is 0 Å². The second kappa shape index (κ2) is 5.00. The van der Waals surface area contributed by atoms with E-state index in [2.05, 4.69) is 5.10 Å². The molecule has 0 saturated carbocycles. The number of hydrogen-bond donors (Lipinski definition) is 2. The van der Waals surface area contributed by atoms with Crippen LogP contribution in [0.4, 0.5) is 0 Å². The van der Waals surface area contributed by atoms with Gasteiger partial charge in [-0.3, -0.25) is 9.48 Å². The quantitative estimate of drug-likeness (QED) is 0.785. The van der Waals surface area contributed by atoms with E-state index in [9.17, 15) is 14.7 Å². The lowest BCUT2D eigenvalue weighted by atomic mass is 10.0. The van der Waals surface area contributed by atoms with Gasteiger partial charge in [0.25, 0.3) is 0 Å². The van der Waals surface area contributed by atoms with Crippen molar-refractivity contribution in [2.75, 3.05) is 6.54 Å². The maximum absolute atomic E-state index is 12.3. The number of carboxylic acid groups (broad SMARTS) is 1. The predicted octanol–water partition coefficient (Wildman–Crippen LogP) is -0.258. The number of hydrogen-bond acceptors (Lipinski definition) is 4. The molecule has 1 aromatic heterocycles. The molecule has 1 aliphatic rings. The van der Waals surface area contributed by atoms with E-state index in [0.717, 1.165) is 0 Å². The standard InChI is InChI=1S/C12H18N4O3/c1-7-3-4-16(10(7)12(18)19)11(17)9(13)8-5-14-15(2)6-8/h5-7,9-10H,3-4,13H2,1-2H3,(H,18,19). The molecule has 7 nitrogen and oxygen atoms in total. The number of carbonyl (C=O) groups excluding carboxylic acids is 1. The number of carbonyl (C=O) groups is 2. The molecule has 0 spiro atoms. The molecule has 0 radical (unpaired) electrons. The molecule has 3 unspecified atom stereocenters. The third-order valence-electron chi connectivity index (χ3n) is 3.59. The SMILES string of the molecule is CC1CCN(C(=O)C(N)c2cnn(C)c2)C1C(=O)O. The highest BCUT2D eigenvalue weighted by Crippen LogP contribution is 2.26. The van der Waals surface area contributed by atoms with Crippen LogP contribution < -0.4 is 5.73 Å². The second-order valence-corrected chi connectivity index (χ2v) is 5.01. The lowest BCUT2D eigenvalue weighted by molar-refractivity contribution is -0.149. The Balaban J connectivity index is 2.17. The molecule has 1 aromatic rings. The summed E-state index contributed by atoms with van der Waals surface area (Å²) in [5.74, 6) is -1.39. The number of likely N-dealkylation sites (tertiary alicyclic amines) is 1. The molecule has 104 valence electrons. The van der Waals surface area contributed by atoms with Crippen molar-refractivity contribution in [2.45, 2.75) is 25.4 Å². The highest BCUT2D eigenvalue weighted by atomic mass is 16.4. The van der Waals surface area contributed by atoms with Crippen molar-refractivity contribution in [1.82, 2.24) is 14.7 Å². The normalized spacial score (nSPS) is 24.5. The minimum Gasteiger partial charge on any atom is -0.480 e. The Hall–Kier alpha value is -1.89. The summed E-state index contributed by atoms with van der Waals surface area (Å²) >= 11 is 0.